The van der Waals surface area contributed by atoms with Crippen LogP contribution < -0.4 is 9.80 Å². The second-order valence-corrected chi connectivity index (χ2v) is 11.6. The molecule has 2 N–H and O–H groups in total. The predicted octanol–water partition coefficient (Wildman–Crippen LogP) is 7.53. The zero-order chi connectivity index (χ0) is 36.1. The summed E-state index contributed by atoms with van der Waals surface area (Å²) in [6.45, 7) is 0.633. The van der Waals surface area contributed by atoms with Gasteiger partial charge in [-0.3, -0.25) is 0 Å². The number of halogens is 9. The van der Waals surface area contributed by atoms with Gasteiger partial charge < -0.3 is 20.0 Å². The summed E-state index contributed by atoms with van der Waals surface area (Å²) in [7, 11) is 1.38. The van der Waals surface area contributed by atoms with Gasteiger partial charge in [0, 0.05) is 25.3 Å². The lowest BCUT2D eigenvalue weighted by Crippen LogP contribution is -2.30. The number of carboxylic acid groups (broad SMARTS) is 1. The number of carbonyl (C=O) groups is 1. The normalized spacial score (nSPS) is 15.6. The second-order valence-electron chi connectivity index (χ2n) is 11.6. The fourth-order valence-corrected chi connectivity index (χ4v) is 5.89. The highest BCUT2D eigenvalue weighted by Crippen LogP contribution is 2.44. The highest BCUT2D eigenvalue weighted by Gasteiger charge is 2.39. The molecule has 4 aromatic rings. The first-order valence-corrected chi connectivity index (χ1v) is 14.5. The van der Waals surface area contributed by atoms with Crippen molar-refractivity contribution in [1.29, 1.82) is 0 Å². The van der Waals surface area contributed by atoms with E-state index < -0.39 is 70.7 Å². The van der Waals surface area contributed by atoms with Crippen LogP contribution in [0.3, 0.4) is 0 Å². The number of anilines is 2. The molecule has 3 aromatic carbocycles. The highest BCUT2D eigenvalue weighted by molar-refractivity contribution is 5.91. The Kier molecular flexibility index (Phi) is 9.20. The molecule has 1 aromatic heterocycles. The number of aromatic nitrogens is 4. The standard InChI is InChI=1S/C31H27F9N6O3/c1-16-8-21-24(46(28-41-43-44(2)42-28)15-18-9-19(29(32,33)34)12-20(10-18)30(35,36)37)4-3-7-45(25(21)13-23(16)31(38,39)40)14-17-5-6-26(47)22(11-17)27(48)49/h5-6,8-13,24,47H,3-4,7,14-15H2,1-2H3,(H,48,49). The number of tetrazole rings is 1. The van der Waals surface area contributed by atoms with Crippen molar-refractivity contribution in [3.05, 3.63) is 93.0 Å². The smallest absolute Gasteiger partial charge is 0.416 e. The number of aromatic hydroxyl groups is 1. The maximum absolute atomic E-state index is 14.2. The van der Waals surface area contributed by atoms with Crippen molar-refractivity contribution in [1.82, 2.24) is 20.2 Å². The lowest BCUT2D eigenvalue weighted by Gasteiger charge is -2.33. The Bertz CT molecular complexity index is 1840. The molecule has 2 heterocycles. The van der Waals surface area contributed by atoms with Gasteiger partial charge in [-0.15, -0.1) is 5.10 Å². The Morgan fingerprint density at radius 2 is 1.57 bits per heavy atom. The van der Waals surface area contributed by atoms with Crippen molar-refractivity contribution in [3.8, 4) is 5.75 Å². The Morgan fingerprint density at radius 3 is 2.12 bits per heavy atom. The van der Waals surface area contributed by atoms with Crippen molar-refractivity contribution in [2.24, 2.45) is 7.05 Å². The van der Waals surface area contributed by atoms with Crippen LogP contribution in [0.25, 0.3) is 0 Å². The lowest BCUT2D eigenvalue weighted by molar-refractivity contribution is -0.143. The first-order chi connectivity index (χ1) is 22.7. The molecule has 0 radical (unpaired) electrons. The number of hydrogen-bond acceptors (Lipinski definition) is 7. The summed E-state index contributed by atoms with van der Waals surface area (Å²) in [5.74, 6) is -2.14. The van der Waals surface area contributed by atoms with E-state index in [2.05, 4.69) is 15.4 Å². The molecule has 5 rings (SSSR count). The van der Waals surface area contributed by atoms with E-state index in [9.17, 15) is 54.5 Å². The summed E-state index contributed by atoms with van der Waals surface area (Å²) >= 11 is 0. The van der Waals surface area contributed by atoms with E-state index in [-0.39, 0.29) is 54.8 Å². The van der Waals surface area contributed by atoms with E-state index in [0.717, 1.165) is 16.9 Å². The van der Waals surface area contributed by atoms with Crippen LogP contribution >= 0.6 is 0 Å². The van der Waals surface area contributed by atoms with Crippen LogP contribution in [0.2, 0.25) is 0 Å². The van der Waals surface area contributed by atoms with Gasteiger partial charge in [-0.05, 0) is 83.6 Å². The summed E-state index contributed by atoms with van der Waals surface area (Å²) in [6, 6.07) is 6.05. The molecular formula is C31H27F9N6O3. The summed E-state index contributed by atoms with van der Waals surface area (Å²) < 4.78 is 125. The molecule has 0 fully saturated rings. The monoisotopic (exact) mass is 702 g/mol. The van der Waals surface area contributed by atoms with Crippen LogP contribution in [0.5, 0.6) is 5.75 Å². The van der Waals surface area contributed by atoms with Gasteiger partial charge in [-0.1, -0.05) is 17.2 Å². The fourth-order valence-electron chi connectivity index (χ4n) is 5.89. The van der Waals surface area contributed by atoms with Gasteiger partial charge in [0.25, 0.3) is 5.95 Å². The summed E-state index contributed by atoms with van der Waals surface area (Å²) in [5, 5.41) is 31.2. The number of rotatable bonds is 7. The molecule has 18 heteroatoms. The molecule has 0 bridgehead atoms. The topological polar surface area (TPSA) is 108 Å². The highest BCUT2D eigenvalue weighted by atomic mass is 19.4. The van der Waals surface area contributed by atoms with Crippen molar-refractivity contribution in [3.63, 3.8) is 0 Å². The Hall–Kier alpha value is -5.03. The number of fused-ring (bicyclic) bond motifs is 1. The number of aromatic carboxylic acids is 1. The van der Waals surface area contributed by atoms with Crippen LogP contribution in [-0.2, 0) is 38.7 Å². The van der Waals surface area contributed by atoms with E-state index in [1.165, 1.54) is 37.1 Å². The summed E-state index contributed by atoms with van der Waals surface area (Å²) in [6.07, 6.45) is -14.6. The third-order valence-electron chi connectivity index (χ3n) is 8.08. The SMILES string of the molecule is Cc1cc2c(cc1C(F)(F)F)N(Cc1ccc(O)c(C(=O)O)c1)CCCC2N(Cc1cc(C(F)(F)F)cc(C(F)(F)F)c1)c1nnn(C)n1. The van der Waals surface area contributed by atoms with Crippen LogP contribution in [-0.4, -0.2) is 42.9 Å². The van der Waals surface area contributed by atoms with Crippen LogP contribution in [0, 0.1) is 6.92 Å². The summed E-state index contributed by atoms with van der Waals surface area (Å²) in [5.41, 5.74) is -4.48. The molecule has 0 spiro atoms. The van der Waals surface area contributed by atoms with Crippen LogP contribution in [0.4, 0.5) is 51.1 Å². The molecule has 1 aliphatic rings. The second kappa shape index (κ2) is 12.8. The van der Waals surface area contributed by atoms with Crippen molar-refractivity contribution in [2.45, 2.75) is 57.4 Å². The molecular weight excluding hydrogens is 675 g/mol. The minimum atomic E-state index is -5.12. The van der Waals surface area contributed by atoms with Crippen LogP contribution in [0.15, 0.2) is 48.5 Å². The van der Waals surface area contributed by atoms with Crippen molar-refractivity contribution >= 4 is 17.6 Å². The van der Waals surface area contributed by atoms with Crippen molar-refractivity contribution in [2.75, 3.05) is 16.3 Å². The maximum Gasteiger partial charge on any atom is 0.416 e. The molecule has 9 nitrogen and oxygen atoms in total. The predicted molar refractivity (Wildman–Crippen MR) is 156 cm³/mol. The van der Waals surface area contributed by atoms with Gasteiger partial charge in [0.2, 0.25) is 0 Å². The molecule has 49 heavy (non-hydrogen) atoms. The number of benzene rings is 3. The number of alkyl halides is 9. The maximum atomic E-state index is 14.2. The third-order valence-corrected chi connectivity index (χ3v) is 8.08. The molecule has 1 unspecified atom stereocenters. The largest absolute Gasteiger partial charge is 0.507 e. The van der Waals surface area contributed by atoms with Gasteiger partial charge in [-0.25, -0.2) is 4.79 Å². The van der Waals surface area contributed by atoms with Crippen molar-refractivity contribution < 1.29 is 54.5 Å². The number of phenols is 1. The molecule has 0 saturated heterocycles. The van der Waals surface area contributed by atoms with E-state index in [1.807, 2.05) is 0 Å². The Labute approximate surface area is 272 Å². The van der Waals surface area contributed by atoms with Gasteiger partial charge in [-0.2, -0.15) is 44.3 Å². The number of nitrogens with zero attached hydrogens (tertiary/aromatic N) is 6. The number of aryl methyl sites for hydroxylation is 2. The average molecular weight is 703 g/mol. The van der Waals surface area contributed by atoms with E-state index in [0.29, 0.717) is 17.7 Å². The average Bonchev–Trinajstić information content (AvgIpc) is 3.35. The van der Waals surface area contributed by atoms with Gasteiger partial charge in [0.1, 0.15) is 11.3 Å². The molecule has 0 saturated carbocycles. The zero-order valence-corrected chi connectivity index (χ0v) is 25.6. The third kappa shape index (κ3) is 7.67. The molecule has 1 atom stereocenters. The minimum absolute atomic E-state index is 0.00559. The molecule has 262 valence electrons. The van der Waals surface area contributed by atoms with E-state index in [4.69, 9.17) is 0 Å². The minimum Gasteiger partial charge on any atom is -0.507 e. The summed E-state index contributed by atoms with van der Waals surface area (Å²) in [4.78, 5) is 15.5. The van der Waals surface area contributed by atoms with E-state index >= 15 is 0 Å². The fraction of sp³-hybridized carbons (Fsp3) is 0.355. The molecule has 0 aliphatic carbocycles. The van der Waals surface area contributed by atoms with Gasteiger partial charge in [0.15, 0.2) is 0 Å². The zero-order valence-electron chi connectivity index (χ0n) is 25.6. The van der Waals surface area contributed by atoms with Gasteiger partial charge in [0.05, 0.1) is 29.8 Å². The quantitative estimate of drug-likeness (QED) is 0.191. The first-order valence-electron chi connectivity index (χ1n) is 14.5. The number of hydrogen-bond donors (Lipinski definition) is 2. The lowest BCUT2D eigenvalue weighted by atomic mass is 9.94. The van der Waals surface area contributed by atoms with Crippen LogP contribution in [0.1, 0.15) is 68.2 Å². The first kappa shape index (κ1) is 35.3. The van der Waals surface area contributed by atoms with E-state index in [1.54, 1.807) is 4.90 Å². The molecule has 1 aliphatic heterocycles. The Morgan fingerprint density at radius 1 is 0.918 bits per heavy atom. The Balaban J connectivity index is 1.67. The van der Waals surface area contributed by atoms with Gasteiger partial charge >= 0.3 is 24.5 Å². The number of carboxylic acids is 1. The molecule has 0 amide bonds.